The lowest BCUT2D eigenvalue weighted by Crippen LogP contribution is -2.29. The van der Waals surface area contributed by atoms with Crippen LogP contribution in [-0.4, -0.2) is 32.9 Å². The summed E-state index contributed by atoms with van der Waals surface area (Å²) >= 11 is 3.46. The maximum absolute atomic E-state index is 5.96. The minimum Gasteiger partial charge on any atom is -0.385 e. The summed E-state index contributed by atoms with van der Waals surface area (Å²) in [5, 5.41) is 3.43. The Balaban J connectivity index is 2.54. The van der Waals surface area contributed by atoms with Crippen LogP contribution in [-0.2, 0) is 9.47 Å². The maximum atomic E-state index is 5.96. The highest BCUT2D eigenvalue weighted by Crippen LogP contribution is 2.20. The number of hydrogen-bond acceptors (Lipinski definition) is 3. The van der Waals surface area contributed by atoms with Gasteiger partial charge in [-0.05, 0) is 24.1 Å². The summed E-state index contributed by atoms with van der Waals surface area (Å²) in [6, 6.07) is 8.77. The molecule has 1 N–H and O–H groups in total. The fraction of sp³-hybridized carbons (Fsp3) is 0.600. The highest BCUT2D eigenvalue weighted by molar-refractivity contribution is 9.10. The second-order valence-corrected chi connectivity index (χ2v) is 5.74. The molecular weight excluding hydrogens is 306 g/mol. The first-order chi connectivity index (χ1) is 9.13. The number of benzene rings is 1. The average molecular weight is 330 g/mol. The molecule has 0 saturated carbocycles. The molecule has 0 aliphatic rings. The van der Waals surface area contributed by atoms with E-state index in [1.54, 1.807) is 7.11 Å². The summed E-state index contributed by atoms with van der Waals surface area (Å²) in [4.78, 5) is 0. The van der Waals surface area contributed by atoms with E-state index in [0.29, 0.717) is 12.6 Å². The van der Waals surface area contributed by atoms with E-state index in [1.807, 2.05) is 0 Å². The Morgan fingerprint density at radius 3 is 2.42 bits per heavy atom. The minimum absolute atomic E-state index is 0.0901. The van der Waals surface area contributed by atoms with Gasteiger partial charge in [0.25, 0.3) is 0 Å². The maximum Gasteiger partial charge on any atom is 0.0949 e. The van der Waals surface area contributed by atoms with Crippen LogP contribution in [0, 0.1) is 0 Å². The van der Waals surface area contributed by atoms with Crippen molar-refractivity contribution in [3.63, 3.8) is 0 Å². The van der Waals surface area contributed by atoms with E-state index in [1.165, 1.54) is 5.56 Å². The Labute approximate surface area is 124 Å². The topological polar surface area (TPSA) is 30.5 Å². The van der Waals surface area contributed by atoms with Gasteiger partial charge in [-0.3, -0.25) is 0 Å². The molecule has 4 heteroatoms. The Kier molecular flexibility index (Phi) is 8.30. The largest absolute Gasteiger partial charge is 0.385 e. The Morgan fingerprint density at radius 1 is 1.16 bits per heavy atom. The predicted octanol–water partition coefficient (Wildman–Crippen LogP) is 3.54. The van der Waals surface area contributed by atoms with Crippen LogP contribution in [0.15, 0.2) is 28.7 Å². The molecule has 0 aromatic heterocycles. The molecule has 0 heterocycles. The smallest absolute Gasteiger partial charge is 0.0949 e. The highest BCUT2D eigenvalue weighted by Gasteiger charge is 2.12. The van der Waals surface area contributed by atoms with Crippen LogP contribution in [0.3, 0.4) is 0 Å². The zero-order valence-corrected chi connectivity index (χ0v) is 13.6. The third kappa shape index (κ3) is 7.06. The first kappa shape index (κ1) is 16.6. The van der Waals surface area contributed by atoms with Gasteiger partial charge >= 0.3 is 0 Å². The molecule has 0 bridgehead atoms. The molecule has 0 fully saturated rings. The number of halogens is 1. The third-order valence-electron chi connectivity index (χ3n) is 2.77. The molecule has 1 unspecified atom stereocenters. The van der Waals surface area contributed by atoms with Crippen molar-refractivity contribution in [2.45, 2.75) is 32.4 Å². The molecule has 0 aliphatic heterocycles. The molecule has 0 spiro atoms. The van der Waals surface area contributed by atoms with Gasteiger partial charge in [0.2, 0.25) is 0 Å². The second-order valence-electron chi connectivity index (χ2n) is 4.82. The summed E-state index contributed by atoms with van der Waals surface area (Å²) in [5.74, 6) is 0. The van der Waals surface area contributed by atoms with Crippen molar-refractivity contribution < 1.29 is 9.47 Å². The molecule has 1 rings (SSSR count). The van der Waals surface area contributed by atoms with Gasteiger partial charge in [-0.1, -0.05) is 41.9 Å². The lowest BCUT2D eigenvalue weighted by molar-refractivity contribution is 0.0377. The van der Waals surface area contributed by atoms with Gasteiger partial charge in [-0.15, -0.1) is 0 Å². The minimum atomic E-state index is 0.0901. The molecule has 19 heavy (non-hydrogen) atoms. The van der Waals surface area contributed by atoms with E-state index in [9.17, 15) is 0 Å². The Hall–Kier alpha value is -0.420. The predicted molar refractivity (Wildman–Crippen MR) is 82.5 cm³/mol. The van der Waals surface area contributed by atoms with Crippen molar-refractivity contribution >= 4 is 15.9 Å². The molecule has 1 aromatic carbocycles. The molecule has 108 valence electrons. The van der Waals surface area contributed by atoms with Crippen molar-refractivity contribution in [1.29, 1.82) is 0 Å². The van der Waals surface area contributed by atoms with E-state index in [-0.39, 0.29) is 6.10 Å². The van der Waals surface area contributed by atoms with Crippen LogP contribution < -0.4 is 5.32 Å². The van der Waals surface area contributed by atoms with Crippen LogP contribution in [0.25, 0.3) is 0 Å². The molecular formula is C15H24BrNO2. The number of ether oxygens (including phenoxy) is 2. The van der Waals surface area contributed by atoms with Crippen molar-refractivity contribution in [2.24, 2.45) is 0 Å². The van der Waals surface area contributed by atoms with Crippen LogP contribution in [0.1, 0.15) is 31.9 Å². The van der Waals surface area contributed by atoms with Crippen molar-refractivity contribution in [2.75, 3.05) is 26.9 Å². The normalized spacial score (nSPS) is 12.9. The van der Waals surface area contributed by atoms with E-state index < -0.39 is 0 Å². The van der Waals surface area contributed by atoms with Gasteiger partial charge < -0.3 is 14.8 Å². The van der Waals surface area contributed by atoms with Crippen LogP contribution >= 0.6 is 15.9 Å². The monoisotopic (exact) mass is 329 g/mol. The van der Waals surface area contributed by atoms with Crippen molar-refractivity contribution in [1.82, 2.24) is 5.32 Å². The lowest BCUT2D eigenvalue weighted by Gasteiger charge is -2.20. The summed E-state index contributed by atoms with van der Waals surface area (Å²) in [7, 11) is 1.71. The molecule has 3 nitrogen and oxygen atoms in total. The van der Waals surface area contributed by atoms with Crippen molar-refractivity contribution in [3.8, 4) is 0 Å². The van der Waals surface area contributed by atoms with Crippen LogP contribution in [0.4, 0.5) is 0 Å². The highest BCUT2D eigenvalue weighted by atomic mass is 79.9. The van der Waals surface area contributed by atoms with Gasteiger partial charge in [0, 0.05) is 37.4 Å². The van der Waals surface area contributed by atoms with Gasteiger partial charge in [0.1, 0.15) is 0 Å². The molecule has 1 atom stereocenters. The summed E-state index contributed by atoms with van der Waals surface area (Å²) < 4.78 is 12.1. The average Bonchev–Trinajstić information content (AvgIpc) is 2.39. The summed E-state index contributed by atoms with van der Waals surface area (Å²) in [6.07, 6.45) is 1.01. The Morgan fingerprint density at radius 2 is 1.84 bits per heavy atom. The van der Waals surface area contributed by atoms with Gasteiger partial charge in [-0.25, -0.2) is 0 Å². The quantitative estimate of drug-likeness (QED) is 0.703. The van der Waals surface area contributed by atoms with E-state index in [2.05, 4.69) is 59.4 Å². The first-order valence-electron chi connectivity index (χ1n) is 6.73. The number of hydrogen-bond donors (Lipinski definition) is 1. The molecule has 0 aliphatic carbocycles. The fourth-order valence-electron chi connectivity index (χ4n) is 1.72. The molecule has 0 radical (unpaired) electrons. The second kappa shape index (κ2) is 9.48. The number of rotatable bonds is 9. The number of nitrogens with one attached hydrogen (secondary N) is 1. The van der Waals surface area contributed by atoms with Gasteiger partial charge in [-0.2, -0.15) is 0 Å². The van der Waals surface area contributed by atoms with Gasteiger partial charge in [0.05, 0.1) is 6.10 Å². The lowest BCUT2D eigenvalue weighted by atomic mass is 10.1. The SMILES string of the molecule is COCCCOC(CNC(C)C)c1ccc(Br)cc1. The van der Waals surface area contributed by atoms with Crippen LogP contribution in [0.2, 0.25) is 0 Å². The third-order valence-corrected chi connectivity index (χ3v) is 3.29. The number of methoxy groups -OCH3 is 1. The van der Waals surface area contributed by atoms with E-state index in [4.69, 9.17) is 9.47 Å². The zero-order valence-electron chi connectivity index (χ0n) is 12.0. The summed E-state index contributed by atoms with van der Waals surface area (Å²) in [6.45, 7) is 6.57. The van der Waals surface area contributed by atoms with Crippen LogP contribution in [0.5, 0.6) is 0 Å². The first-order valence-corrected chi connectivity index (χ1v) is 7.52. The fourth-order valence-corrected chi connectivity index (χ4v) is 1.99. The standard InChI is InChI=1S/C15H24BrNO2/c1-12(2)17-11-15(19-10-4-9-18-3)13-5-7-14(16)8-6-13/h5-8,12,15,17H,4,9-11H2,1-3H3. The summed E-state index contributed by atoms with van der Waals surface area (Å²) in [5.41, 5.74) is 1.20. The Bertz CT molecular complexity index is 341. The zero-order chi connectivity index (χ0) is 14.1. The van der Waals surface area contributed by atoms with Crippen molar-refractivity contribution in [3.05, 3.63) is 34.3 Å². The van der Waals surface area contributed by atoms with E-state index in [0.717, 1.165) is 24.0 Å². The molecule has 0 amide bonds. The van der Waals surface area contributed by atoms with Gasteiger partial charge in [0.15, 0.2) is 0 Å². The molecule has 0 saturated heterocycles. The van der Waals surface area contributed by atoms with E-state index >= 15 is 0 Å². The molecule has 1 aromatic rings.